The lowest BCUT2D eigenvalue weighted by molar-refractivity contribution is -0.136. The number of amides is 1. The molecule has 1 amide bonds. The maximum atomic E-state index is 12.7. The van der Waals surface area contributed by atoms with E-state index in [0.717, 1.165) is 18.4 Å². The summed E-state index contributed by atoms with van der Waals surface area (Å²) >= 11 is 0. The van der Waals surface area contributed by atoms with Crippen molar-refractivity contribution in [1.29, 1.82) is 0 Å². The molecular weight excluding hydrogens is 290 g/mol. The van der Waals surface area contributed by atoms with Crippen LogP contribution in [0.4, 0.5) is 0 Å². The molecule has 1 aliphatic rings. The molecule has 0 saturated carbocycles. The number of methoxy groups -OCH3 is 1. The van der Waals surface area contributed by atoms with Gasteiger partial charge in [0.25, 0.3) is 5.91 Å². The average Bonchev–Trinajstić information content (AvgIpc) is 2.80. The lowest BCUT2D eigenvalue weighted by Crippen LogP contribution is -2.25. The second-order valence-electron chi connectivity index (χ2n) is 5.56. The number of hydrogen-bond acceptors (Lipinski definition) is 3. The predicted octanol–water partition coefficient (Wildman–Crippen LogP) is 3.33. The third-order valence-corrected chi connectivity index (χ3v) is 4.05. The summed E-state index contributed by atoms with van der Waals surface area (Å²) in [4.78, 5) is 26.4. The largest absolute Gasteiger partial charge is 0.465 e. The highest BCUT2D eigenvalue weighted by Gasteiger charge is 2.36. The normalized spacial score (nSPS) is 16.4. The minimum atomic E-state index is -0.467. The van der Waals surface area contributed by atoms with Crippen LogP contribution in [0.1, 0.15) is 38.3 Å². The molecule has 0 saturated heterocycles. The van der Waals surface area contributed by atoms with E-state index >= 15 is 0 Å². The second-order valence-corrected chi connectivity index (χ2v) is 5.56. The highest BCUT2D eigenvalue weighted by atomic mass is 16.5. The van der Waals surface area contributed by atoms with Gasteiger partial charge in [0.2, 0.25) is 0 Å². The monoisotopic (exact) mass is 313 g/mol. The van der Waals surface area contributed by atoms with Crippen LogP contribution < -0.4 is 0 Å². The average molecular weight is 313 g/mol. The lowest BCUT2D eigenvalue weighted by Gasteiger charge is -2.16. The van der Waals surface area contributed by atoms with Crippen LogP contribution in [0.15, 0.2) is 41.1 Å². The van der Waals surface area contributed by atoms with E-state index in [2.05, 4.69) is 6.92 Å². The Kier molecular flexibility index (Phi) is 5.37. The van der Waals surface area contributed by atoms with Crippen molar-refractivity contribution in [2.24, 2.45) is 0 Å². The molecule has 1 aromatic rings. The van der Waals surface area contributed by atoms with E-state index in [1.807, 2.05) is 31.2 Å². The number of benzene rings is 1. The Balaban J connectivity index is 2.46. The van der Waals surface area contributed by atoms with Gasteiger partial charge < -0.3 is 9.64 Å². The van der Waals surface area contributed by atoms with Gasteiger partial charge >= 0.3 is 5.97 Å². The summed E-state index contributed by atoms with van der Waals surface area (Å²) < 4.78 is 4.87. The number of rotatable bonds is 5. The van der Waals surface area contributed by atoms with Crippen LogP contribution in [-0.4, -0.2) is 30.4 Å². The van der Waals surface area contributed by atoms with Crippen molar-refractivity contribution in [3.63, 3.8) is 0 Å². The quantitative estimate of drug-likeness (QED) is 0.619. The van der Waals surface area contributed by atoms with Crippen LogP contribution in [0.3, 0.4) is 0 Å². The van der Waals surface area contributed by atoms with E-state index in [-0.39, 0.29) is 5.91 Å². The zero-order chi connectivity index (χ0) is 17.0. The van der Waals surface area contributed by atoms with Crippen molar-refractivity contribution in [3.05, 3.63) is 52.2 Å². The molecule has 23 heavy (non-hydrogen) atoms. The van der Waals surface area contributed by atoms with Gasteiger partial charge in [-0.25, -0.2) is 4.79 Å². The Labute approximate surface area is 137 Å². The van der Waals surface area contributed by atoms with Crippen molar-refractivity contribution in [3.8, 4) is 0 Å². The van der Waals surface area contributed by atoms with Crippen LogP contribution in [0.2, 0.25) is 0 Å². The van der Waals surface area contributed by atoms with Crippen molar-refractivity contribution in [2.75, 3.05) is 13.7 Å². The molecule has 0 N–H and O–H groups in total. The highest BCUT2D eigenvalue weighted by Crippen LogP contribution is 2.31. The minimum absolute atomic E-state index is 0.135. The molecule has 4 heteroatoms. The first-order chi connectivity index (χ1) is 11.0. The zero-order valence-electron chi connectivity index (χ0n) is 14.2. The first-order valence-corrected chi connectivity index (χ1v) is 7.95. The molecule has 0 aromatic heterocycles. The van der Waals surface area contributed by atoms with Crippen LogP contribution >= 0.6 is 0 Å². The summed E-state index contributed by atoms with van der Waals surface area (Å²) in [6, 6.07) is 7.99. The fourth-order valence-corrected chi connectivity index (χ4v) is 2.74. The molecule has 4 nitrogen and oxygen atoms in total. The van der Waals surface area contributed by atoms with E-state index in [1.54, 1.807) is 17.9 Å². The number of esters is 1. The van der Waals surface area contributed by atoms with Gasteiger partial charge in [0.1, 0.15) is 0 Å². The van der Waals surface area contributed by atoms with E-state index in [4.69, 9.17) is 4.74 Å². The smallest absolute Gasteiger partial charge is 0.340 e. The van der Waals surface area contributed by atoms with Crippen molar-refractivity contribution in [1.82, 2.24) is 4.90 Å². The molecule has 0 spiro atoms. The van der Waals surface area contributed by atoms with E-state index in [1.165, 1.54) is 12.7 Å². The van der Waals surface area contributed by atoms with Gasteiger partial charge in [-0.1, -0.05) is 38.1 Å². The fourth-order valence-electron chi connectivity index (χ4n) is 2.74. The van der Waals surface area contributed by atoms with Gasteiger partial charge in [-0.3, -0.25) is 4.79 Å². The fraction of sp³-hybridized carbons (Fsp3) is 0.368. The number of hydrogen-bond donors (Lipinski definition) is 0. The molecule has 122 valence electrons. The minimum Gasteiger partial charge on any atom is -0.465 e. The summed E-state index contributed by atoms with van der Waals surface area (Å²) in [5.41, 5.74) is 3.58. The summed E-state index contributed by atoms with van der Waals surface area (Å²) in [7, 11) is 1.34. The van der Waals surface area contributed by atoms with Crippen LogP contribution in [-0.2, 0) is 20.7 Å². The summed E-state index contributed by atoms with van der Waals surface area (Å²) in [6.07, 6.45) is 3.57. The van der Waals surface area contributed by atoms with Gasteiger partial charge in [-0.2, -0.15) is 0 Å². The zero-order valence-corrected chi connectivity index (χ0v) is 14.2. The topological polar surface area (TPSA) is 46.6 Å². The molecule has 0 unspecified atom stereocenters. The maximum absolute atomic E-state index is 12.7. The molecule has 1 heterocycles. The van der Waals surface area contributed by atoms with Gasteiger partial charge in [-0.15, -0.1) is 0 Å². The summed E-state index contributed by atoms with van der Waals surface area (Å²) in [5, 5.41) is 0. The Morgan fingerprint density at radius 2 is 1.87 bits per heavy atom. The molecule has 1 aromatic carbocycles. The molecule has 1 aliphatic heterocycles. The molecule has 0 aliphatic carbocycles. The summed E-state index contributed by atoms with van der Waals surface area (Å²) in [5.74, 6) is -0.602. The Bertz CT molecular complexity index is 668. The number of carbonyl (C=O) groups is 2. The van der Waals surface area contributed by atoms with Crippen molar-refractivity contribution < 1.29 is 14.3 Å². The van der Waals surface area contributed by atoms with Gasteiger partial charge in [0, 0.05) is 12.2 Å². The molecule has 0 fully saturated rings. The van der Waals surface area contributed by atoms with Crippen molar-refractivity contribution >= 4 is 18.0 Å². The number of aryl methyl sites for hydroxylation is 1. The number of carbonyl (C=O) groups excluding carboxylic acids is 2. The Hall–Kier alpha value is -2.36. The SMILES string of the molecule is CCCN1C(=O)/C(=C\c2ccc(CC)cc2)C(C(=O)OC)=C1C. The van der Waals surface area contributed by atoms with Gasteiger partial charge in [0.05, 0.1) is 18.3 Å². The van der Waals surface area contributed by atoms with E-state index in [9.17, 15) is 9.59 Å². The third-order valence-electron chi connectivity index (χ3n) is 4.05. The van der Waals surface area contributed by atoms with Gasteiger partial charge in [0.15, 0.2) is 0 Å². The number of nitrogens with zero attached hydrogens (tertiary/aromatic N) is 1. The van der Waals surface area contributed by atoms with Gasteiger partial charge in [-0.05, 0) is 37.0 Å². The predicted molar refractivity (Wildman–Crippen MR) is 90.5 cm³/mol. The second kappa shape index (κ2) is 7.27. The standard InChI is InChI=1S/C19H23NO3/c1-5-11-20-13(3)17(19(22)23-4)16(18(20)21)12-15-9-7-14(6-2)8-10-15/h7-10,12H,5-6,11H2,1-4H3/b16-12-. The molecule has 2 rings (SSSR count). The Morgan fingerprint density at radius 3 is 2.39 bits per heavy atom. The first-order valence-electron chi connectivity index (χ1n) is 7.95. The van der Waals surface area contributed by atoms with Crippen LogP contribution in [0, 0.1) is 0 Å². The molecule has 0 radical (unpaired) electrons. The van der Waals surface area contributed by atoms with E-state index in [0.29, 0.717) is 23.4 Å². The lowest BCUT2D eigenvalue weighted by atomic mass is 10.0. The summed E-state index contributed by atoms with van der Waals surface area (Å²) in [6.45, 7) is 6.49. The first kappa shape index (κ1) is 17.0. The van der Waals surface area contributed by atoms with Crippen LogP contribution in [0.5, 0.6) is 0 Å². The highest BCUT2D eigenvalue weighted by molar-refractivity contribution is 6.16. The van der Waals surface area contributed by atoms with Crippen LogP contribution in [0.25, 0.3) is 6.08 Å². The third kappa shape index (κ3) is 3.36. The Morgan fingerprint density at radius 1 is 1.22 bits per heavy atom. The number of allylic oxidation sites excluding steroid dienone is 1. The molecule has 0 atom stereocenters. The van der Waals surface area contributed by atoms with E-state index < -0.39 is 5.97 Å². The molecule has 0 bridgehead atoms. The number of ether oxygens (including phenoxy) is 1. The maximum Gasteiger partial charge on any atom is 0.340 e. The molecular formula is C19H23NO3. The van der Waals surface area contributed by atoms with Crippen molar-refractivity contribution in [2.45, 2.75) is 33.6 Å².